The zero-order chi connectivity index (χ0) is 20.7. The van der Waals surface area contributed by atoms with Crippen LogP contribution in [0.2, 0.25) is 0 Å². The summed E-state index contributed by atoms with van der Waals surface area (Å²) in [6, 6.07) is 9.31. The zero-order valence-electron chi connectivity index (χ0n) is 13.6. The summed E-state index contributed by atoms with van der Waals surface area (Å²) in [5.74, 6) is 0. The van der Waals surface area contributed by atoms with E-state index in [1.807, 2.05) is 0 Å². The summed E-state index contributed by atoms with van der Waals surface area (Å²) < 4.78 is 103. The summed E-state index contributed by atoms with van der Waals surface area (Å²) in [4.78, 5) is -0.112. The van der Waals surface area contributed by atoms with E-state index in [2.05, 4.69) is 0 Å². The minimum Gasteiger partial charge on any atom is -0.369 e. The number of hydrogen-bond donors (Lipinski definition) is 1. The fourth-order valence-electron chi connectivity index (χ4n) is 2.29. The number of anilines is 1. The standard InChI is InChI=1S/C16H13F6NO3S/c1-23(27(25,26)13-5-3-2-4-6-13)12-9-7-11(8-10-12)14(24,15(17,18)19)16(20,21)22/h2-10,24H,1H3. The first kappa shape index (κ1) is 21.0. The van der Waals surface area contributed by atoms with Gasteiger partial charge in [0.1, 0.15) is 0 Å². The van der Waals surface area contributed by atoms with Gasteiger partial charge in [-0.3, -0.25) is 4.31 Å². The number of rotatable bonds is 4. The molecule has 0 radical (unpaired) electrons. The topological polar surface area (TPSA) is 57.6 Å². The first-order valence-electron chi connectivity index (χ1n) is 7.23. The molecule has 1 N–H and O–H groups in total. The summed E-state index contributed by atoms with van der Waals surface area (Å²) in [7, 11) is -2.98. The molecule has 0 aromatic heterocycles. The van der Waals surface area contributed by atoms with Crippen LogP contribution < -0.4 is 4.31 Å². The fourth-order valence-corrected chi connectivity index (χ4v) is 3.51. The number of hydrogen-bond acceptors (Lipinski definition) is 3. The SMILES string of the molecule is CN(c1ccc(C(O)(C(F)(F)F)C(F)(F)F)cc1)S(=O)(=O)c1ccccc1. The molecule has 148 valence electrons. The molecule has 0 bridgehead atoms. The van der Waals surface area contributed by atoms with Crippen LogP contribution in [0.5, 0.6) is 0 Å². The van der Waals surface area contributed by atoms with Gasteiger partial charge < -0.3 is 5.11 Å². The van der Waals surface area contributed by atoms with Crippen molar-refractivity contribution in [2.75, 3.05) is 11.4 Å². The Bertz CT molecular complexity index is 878. The van der Waals surface area contributed by atoms with Gasteiger partial charge in [-0.15, -0.1) is 0 Å². The van der Waals surface area contributed by atoms with Crippen LogP contribution in [0.15, 0.2) is 59.5 Å². The molecular formula is C16H13F6NO3S. The minimum atomic E-state index is -6.02. The van der Waals surface area contributed by atoms with Crippen molar-refractivity contribution in [3.63, 3.8) is 0 Å². The number of alkyl halides is 6. The highest BCUT2D eigenvalue weighted by atomic mass is 32.2. The fraction of sp³-hybridized carbons (Fsp3) is 0.250. The van der Waals surface area contributed by atoms with Gasteiger partial charge in [0.05, 0.1) is 10.6 Å². The van der Waals surface area contributed by atoms with Crippen LogP contribution in [0.4, 0.5) is 32.0 Å². The maximum absolute atomic E-state index is 12.9. The van der Waals surface area contributed by atoms with Gasteiger partial charge in [-0.25, -0.2) is 8.42 Å². The Morgan fingerprint density at radius 3 is 1.67 bits per heavy atom. The first-order chi connectivity index (χ1) is 12.2. The van der Waals surface area contributed by atoms with Gasteiger partial charge in [-0.1, -0.05) is 30.3 Å². The number of halogens is 6. The Labute approximate surface area is 150 Å². The summed E-state index contributed by atoms with van der Waals surface area (Å²) >= 11 is 0. The summed E-state index contributed by atoms with van der Waals surface area (Å²) in [5.41, 5.74) is -6.74. The van der Waals surface area contributed by atoms with E-state index >= 15 is 0 Å². The van der Waals surface area contributed by atoms with Crippen LogP contribution in [-0.2, 0) is 15.6 Å². The van der Waals surface area contributed by atoms with E-state index in [1.54, 1.807) is 6.07 Å². The smallest absolute Gasteiger partial charge is 0.369 e. The van der Waals surface area contributed by atoms with Crippen LogP contribution >= 0.6 is 0 Å². The molecule has 0 aliphatic carbocycles. The van der Waals surface area contributed by atoms with E-state index in [1.165, 1.54) is 24.3 Å². The minimum absolute atomic E-state index is 0.112. The molecule has 27 heavy (non-hydrogen) atoms. The van der Waals surface area contributed by atoms with Gasteiger partial charge in [0.25, 0.3) is 15.6 Å². The number of sulfonamides is 1. The van der Waals surface area contributed by atoms with Gasteiger partial charge >= 0.3 is 12.4 Å². The largest absolute Gasteiger partial charge is 0.430 e. The second kappa shape index (κ2) is 6.71. The number of aliphatic hydroxyl groups is 1. The van der Waals surface area contributed by atoms with E-state index in [4.69, 9.17) is 0 Å². The van der Waals surface area contributed by atoms with Gasteiger partial charge in [0, 0.05) is 12.6 Å². The Hall–Kier alpha value is -2.27. The maximum Gasteiger partial charge on any atom is 0.430 e. The molecule has 0 fully saturated rings. The van der Waals surface area contributed by atoms with Crippen molar-refractivity contribution in [2.24, 2.45) is 0 Å². The first-order valence-corrected chi connectivity index (χ1v) is 8.67. The predicted molar refractivity (Wildman–Crippen MR) is 84.5 cm³/mol. The lowest BCUT2D eigenvalue weighted by molar-refractivity contribution is -0.376. The molecule has 0 saturated carbocycles. The van der Waals surface area contributed by atoms with Crippen molar-refractivity contribution < 1.29 is 39.9 Å². The summed E-state index contributed by atoms with van der Waals surface area (Å²) in [6.07, 6.45) is -12.0. The Morgan fingerprint density at radius 2 is 1.26 bits per heavy atom. The number of benzene rings is 2. The third-order valence-electron chi connectivity index (χ3n) is 3.87. The van der Waals surface area contributed by atoms with E-state index in [0.717, 1.165) is 19.2 Å². The highest BCUT2D eigenvalue weighted by Gasteiger charge is 2.71. The third kappa shape index (κ3) is 3.61. The zero-order valence-corrected chi connectivity index (χ0v) is 14.4. The van der Waals surface area contributed by atoms with E-state index in [9.17, 15) is 39.9 Å². The van der Waals surface area contributed by atoms with Crippen LogP contribution in [0.25, 0.3) is 0 Å². The quantitative estimate of drug-likeness (QED) is 0.776. The number of nitrogens with zero attached hydrogens (tertiary/aromatic N) is 1. The predicted octanol–water partition coefficient (Wildman–Crippen LogP) is 3.82. The highest BCUT2D eigenvalue weighted by molar-refractivity contribution is 7.92. The molecule has 2 rings (SSSR count). The summed E-state index contributed by atoms with van der Waals surface area (Å²) in [6.45, 7) is 0. The van der Waals surface area contributed by atoms with Crippen molar-refractivity contribution >= 4 is 15.7 Å². The normalized spacial score (nSPS) is 13.5. The molecule has 0 atom stereocenters. The molecule has 0 spiro atoms. The maximum atomic E-state index is 12.9. The molecule has 11 heteroatoms. The van der Waals surface area contributed by atoms with Crippen LogP contribution in [0.1, 0.15) is 5.56 Å². The average molecular weight is 413 g/mol. The van der Waals surface area contributed by atoms with Crippen molar-refractivity contribution in [2.45, 2.75) is 22.8 Å². The molecule has 4 nitrogen and oxygen atoms in total. The Kier molecular flexibility index (Phi) is 5.23. The van der Waals surface area contributed by atoms with Crippen molar-refractivity contribution in [1.82, 2.24) is 0 Å². The van der Waals surface area contributed by atoms with Crippen LogP contribution in [0.3, 0.4) is 0 Å². The molecule has 0 aliphatic heterocycles. The van der Waals surface area contributed by atoms with Gasteiger partial charge in [-0.2, -0.15) is 26.3 Å². The van der Waals surface area contributed by atoms with E-state index in [0.29, 0.717) is 16.4 Å². The van der Waals surface area contributed by atoms with Gasteiger partial charge in [-0.05, 0) is 24.3 Å². The Balaban J connectivity index is 2.45. The van der Waals surface area contributed by atoms with Gasteiger partial charge in [0.15, 0.2) is 0 Å². The molecule has 2 aromatic carbocycles. The molecule has 0 heterocycles. The molecule has 0 amide bonds. The lowest BCUT2D eigenvalue weighted by Gasteiger charge is -2.33. The second-order valence-electron chi connectivity index (χ2n) is 5.54. The van der Waals surface area contributed by atoms with Gasteiger partial charge in [0.2, 0.25) is 0 Å². The molecule has 2 aromatic rings. The van der Waals surface area contributed by atoms with Crippen molar-refractivity contribution in [1.29, 1.82) is 0 Å². The molecule has 0 aliphatic rings. The molecule has 0 unspecified atom stereocenters. The van der Waals surface area contributed by atoms with E-state index < -0.39 is 33.5 Å². The lowest BCUT2D eigenvalue weighted by atomic mass is 9.92. The second-order valence-corrected chi connectivity index (χ2v) is 7.51. The summed E-state index contributed by atoms with van der Waals surface area (Å²) in [5, 5.41) is 9.34. The lowest BCUT2D eigenvalue weighted by Crippen LogP contribution is -2.53. The van der Waals surface area contributed by atoms with Crippen LogP contribution in [-0.4, -0.2) is 32.9 Å². The van der Waals surface area contributed by atoms with Crippen LogP contribution in [0, 0.1) is 0 Å². The molecule has 0 saturated heterocycles. The highest BCUT2D eigenvalue weighted by Crippen LogP contribution is 2.50. The third-order valence-corrected chi connectivity index (χ3v) is 5.67. The van der Waals surface area contributed by atoms with Crippen molar-refractivity contribution in [3.05, 3.63) is 60.2 Å². The molecular weight excluding hydrogens is 400 g/mol. The van der Waals surface area contributed by atoms with E-state index in [-0.39, 0.29) is 10.6 Å². The monoisotopic (exact) mass is 413 g/mol. The Morgan fingerprint density at radius 1 is 0.815 bits per heavy atom. The van der Waals surface area contributed by atoms with Crippen molar-refractivity contribution in [3.8, 4) is 0 Å². The average Bonchev–Trinajstić information content (AvgIpc) is 2.59.